The van der Waals surface area contributed by atoms with Gasteiger partial charge in [-0.2, -0.15) is 0 Å². The van der Waals surface area contributed by atoms with E-state index in [1.54, 1.807) is 0 Å². The molecule has 3 nitrogen and oxygen atoms in total. The standard InChI is InChI=1S/C14H22ClNO2S/c1-11(13-6-5-7-14(15)8-13)9-16(3)12(2)10-19(4,17)18/h5-8,11-12H,9-10H2,1-4H3/t11-,12-/m0/s1. The molecule has 108 valence electrons. The average molecular weight is 304 g/mol. The van der Waals surface area contributed by atoms with Gasteiger partial charge in [0.1, 0.15) is 9.84 Å². The van der Waals surface area contributed by atoms with Crippen LogP contribution < -0.4 is 0 Å². The van der Waals surface area contributed by atoms with Crippen molar-refractivity contribution in [2.24, 2.45) is 0 Å². The molecular formula is C14H22ClNO2S. The minimum atomic E-state index is -2.94. The number of hydrogen-bond acceptors (Lipinski definition) is 3. The Balaban J connectivity index is 2.63. The van der Waals surface area contributed by atoms with Crippen molar-refractivity contribution >= 4 is 21.4 Å². The fourth-order valence-electron chi connectivity index (χ4n) is 2.10. The molecule has 0 unspecified atom stereocenters. The van der Waals surface area contributed by atoms with Crippen molar-refractivity contribution in [3.8, 4) is 0 Å². The molecule has 0 fully saturated rings. The highest BCUT2D eigenvalue weighted by atomic mass is 35.5. The van der Waals surface area contributed by atoms with Gasteiger partial charge in [0.25, 0.3) is 0 Å². The molecule has 2 atom stereocenters. The van der Waals surface area contributed by atoms with Gasteiger partial charge in [0, 0.05) is 23.9 Å². The summed E-state index contributed by atoms with van der Waals surface area (Å²) in [6, 6.07) is 7.81. The molecule has 0 aliphatic carbocycles. The third kappa shape index (κ3) is 5.93. The van der Waals surface area contributed by atoms with Crippen molar-refractivity contribution in [3.05, 3.63) is 34.9 Å². The second kappa shape index (κ2) is 6.73. The molecule has 0 saturated heterocycles. The highest BCUT2D eigenvalue weighted by Gasteiger charge is 2.17. The van der Waals surface area contributed by atoms with Gasteiger partial charge in [-0.3, -0.25) is 0 Å². The molecule has 0 aromatic heterocycles. The summed E-state index contributed by atoms with van der Waals surface area (Å²) in [6.45, 7) is 4.86. The molecule has 0 aliphatic heterocycles. The molecule has 19 heavy (non-hydrogen) atoms. The van der Waals surface area contributed by atoms with Crippen molar-refractivity contribution < 1.29 is 8.42 Å². The molecule has 0 aliphatic rings. The lowest BCUT2D eigenvalue weighted by atomic mass is 10.0. The summed E-state index contributed by atoms with van der Waals surface area (Å²) in [7, 11) is -0.983. The van der Waals surface area contributed by atoms with Crippen LogP contribution in [0.15, 0.2) is 24.3 Å². The van der Waals surface area contributed by atoms with Crippen LogP contribution >= 0.6 is 11.6 Å². The maximum absolute atomic E-state index is 11.3. The lowest BCUT2D eigenvalue weighted by molar-refractivity contribution is 0.262. The lowest BCUT2D eigenvalue weighted by Gasteiger charge is -2.27. The molecule has 0 radical (unpaired) electrons. The van der Waals surface area contributed by atoms with Crippen LogP contribution in [0, 0.1) is 0 Å². The number of sulfone groups is 1. The van der Waals surface area contributed by atoms with Gasteiger partial charge in [-0.15, -0.1) is 0 Å². The molecule has 0 spiro atoms. The van der Waals surface area contributed by atoms with Crippen LogP contribution in [0.25, 0.3) is 0 Å². The van der Waals surface area contributed by atoms with Crippen LogP contribution in [0.1, 0.15) is 25.3 Å². The van der Waals surface area contributed by atoms with E-state index in [4.69, 9.17) is 11.6 Å². The van der Waals surface area contributed by atoms with Gasteiger partial charge >= 0.3 is 0 Å². The zero-order chi connectivity index (χ0) is 14.6. The topological polar surface area (TPSA) is 37.4 Å². The number of halogens is 1. The van der Waals surface area contributed by atoms with Gasteiger partial charge in [-0.05, 0) is 37.6 Å². The van der Waals surface area contributed by atoms with E-state index in [2.05, 4.69) is 11.8 Å². The normalized spacial score (nSPS) is 15.5. The zero-order valence-corrected chi connectivity index (χ0v) is 13.5. The van der Waals surface area contributed by atoms with E-state index in [9.17, 15) is 8.42 Å². The first-order chi connectivity index (χ1) is 8.69. The van der Waals surface area contributed by atoms with Gasteiger partial charge in [0.2, 0.25) is 0 Å². The Kier molecular flexibility index (Phi) is 5.83. The maximum atomic E-state index is 11.3. The molecule has 0 saturated carbocycles. The third-order valence-corrected chi connectivity index (χ3v) is 4.60. The van der Waals surface area contributed by atoms with Gasteiger partial charge < -0.3 is 4.90 Å². The molecule has 1 aromatic carbocycles. The van der Waals surface area contributed by atoms with E-state index >= 15 is 0 Å². The Morgan fingerprint density at radius 1 is 1.32 bits per heavy atom. The number of nitrogens with zero attached hydrogens (tertiary/aromatic N) is 1. The predicted molar refractivity (Wildman–Crippen MR) is 81.7 cm³/mol. The Hall–Kier alpha value is -0.580. The summed E-state index contributed by atoms with van der Waals surface area (Å²) >= 11 is 5.98. The van der Waals surface area contributed by atoms with Crippen molar-refractivity contribution in [1.82, 2.24) is 4.90 Å². The van der Waals surface area contributed by atoms with E-state index in [0.29, 0.717) is 5.92 Å². The summed E-state index contributed by atoms with van der Waals surface area (Å²) in [6.07, 6.45) is 1.28. The second-order valence-corrected chi connectivity index (χ2v) is 7.96. The molecule has 0 N–H and O–H groups in total. The van der Waals surface area contributed by atoms with Crippen LogP contribution in [0.2, 0.25) is 5.02 Å². The van der Waals surface area contributed by atoms with Crippen LogP contribution in [-0.2, 0) is 9.84 Å². The minimum Gasteiger partial charge on any atom is -0.302 e. The largest absolute Gasteiger partial charge is 0.302 e. The van der Waals surface area contributed by atoms with Crippen molar-refractivity contribution in [1.29, 1.82) is 0 Å². The summed E-state index contributed by atoms with van der Waals surface area (Å²) < 4.78 is 22.6. The third-order valence-electron chi connectivity index (χ3n) is 3.28. The molecular weight excluding hydrogens is 282 g/mol. The zero-order valence-electron chi connectivity index (χ0n) is 11.9. The summed E-state index contributed by atoms with van der Waals surface area (Å²) in [5.74, 6) is 0.497. The molecule has 1 aromatic rings. The first-order valence-corrected chi connectivity index (χ1v) is 8.76. The second-order valence-electron chi connectivity index (χ2n) is 5.34. The maximum Gasteiger partial charge on any atom is 0.148 e. The highest BCUT2D eigenvalue weighted by Crippen LogP contribution is 2.20. The molecule has 0 amide bonds. The Bertz CT molecular complexity index is 516. The van der Waals surface area contributed by atoms with Crippen LogP contribution in [0.4, 0.5) is 0 Å². The highest BCUT2D eigenvalue weighted by molar-refractivity contribution is 7.90. The number of likely N-dealkylation sites (N-methyl/N-ethyl adjacent to an activating group) is 1. The van der Waals surface area contributed by atoms with E-state index < -0.39 is 9.84 Å². The Morgan fingerprint density at radius 3 is 2.47 bits per heavy atom. The molecule has 0 heterocycles. The molecule has 5 heteroatoms. The monoisotopic (exact) mass is 303 g/mol. The first-order valence-electron chi connectivity index (χ1n) is 6.32. The van der Waals surface area contributed by atoms with Crippen molar-refractivity contribution in [2.45, 2.75) is 25.8 Å². The fraction of sp³-hybridized carbons (Fsp3) is 0.571. The van der Waals surface area contributed by atoms with E-state index in [-0.39, 0.29) is 11.8 Å². The van der Waals surface area contributed by atoms with Crippen molar-refractivity contribution in [2.75, 3.05) is 25.6 Å². The quantitative estimate of drug-likeness (QED) is 0.811. The average Bonchev–Trinajstić information content (AvgIpc) is 2.26. The minimum absolute atomic E-state index is 0.0108. The first kappa shape index (κ1) is 16.5. The van der Waals surface area contributed by atoms with Crippen LogP contribution in [-0.4, -0.2) is 45.0 Å². The van der Waals surface area contributed by atoms with E-state index in [1.165, 1.54) is 11.8 Å². The Morgan fingerprint density at radius 2 is 1.95 bits per heavy atom. The lowest BCUT2D eigenvalue weighted by Crippen LogP contribution is -2.37. The SMILES string of the molecule is C[C@@H](CN(C)[C@@H](C)CS(C)(=O)=O)c1cccc(Cl)c1. The smallest absolute Gasteiger partial charge is 0.148 e. The van der Waals surface area contributed by atoms with Crippen LogP contribution in [0.3, 0.4) is 0 Å². The van der Waals surface area contributed by atoms with Gasteiger partial charge in [0.15, 0.2) is 0 Å². The summed E-state index contributed by atoms with van der Waals surface area (Å²) in [5, 5.41) is 0.733. The van der Waals surface area contributed by atoms with E-state index in [1.807, 2.05) is 38.2 Å². The summed E-state index contributed by atoms with van der Waals surface area (Å²) in [5.41, 5.74) is 1.17. The van der Waals surface area contributed by atoms with Gasteiger partial charge in [0.05, 0.1) is 5.75 Å². The van der Waals surface area contributed by atoms with E-state index in [0.717, 1.165) is 11.6 Å². The molecule has 0 bridgehead atoms. The van der Waals surface area contributed by atoms with Gasteiger partial charge in [-0.25, -0.2) is 8.42 Å². The molecule has 1 rings (SSSR count). The fourth-order valence-corrected chi connectivity index (χ4v) is 3.43. The van der Waals surface area contributed by atoms with Gasteiger partial charge in [-0.1, -0.05) is 30.7 Å². The number of hydrogen-bond donors (Lipinski definition) is 0. The Labute approximate surface area is 121 Å². The summed E-state index contributed by atoms with van der Waals surface area (Å²) in [4.78, 5) is 2.08. The number of benzene rings is 1. The predicted octanol–water partition coefficient (Wildman–Crippen LogP) is 2.81. The van der Waals surface area contributed by atoms with Crippen molar-refractivity contribution in [3.63, 3.8) is 0 Å². The number of rotatable bonds is 6. The van der Waals surface area contributed by atoms with Crippen LogP contribution in [0.5, 0.6) is 0 Å².